The molecule has 0 amide bonds. The first-order valence-electron chi connectivity index (χ1n) is 4.26. The van der Waals surface area contributed by atoms with E-state index in [-0.39, 0.29) is 0 Å². The van der Waals surface area contributed by atoms with E-state index in [1.165, 1.54) is 18.6 Å². The molecule has 0 unspecified atom stereocenters. The molecular formula is C11H15N. The Morgan fingerprint density at radius 2 is 2.00 bits per heavy atom. The van der Waals surface area contributed by atoms with Crippen LogP contribution in [0, 0.1) is 5.92 Å². The summed E-state index contributed by atoms with van der Waals surface area (Å²) in [6, 6.07) is 0. The van der Waals surface area contributed by atoms with E-state index in [2.05, 4.69) is 30.8 Å². The fourth-order valence-electron chi connectivity index (χ4n) is 1.05. The summed E-state index contributed by atoms with van der Waals surface area (Å²) in [6.07, 6.45) is 2.58. The van der Waals surface area contributed by atoms with Gasteiger partial charge in [0, 0.05) is 5.71 Å². The van der Waals surface area contributed by atoms with E-state index < -0.39 is 0 Å². The van der Waals surface area contributed by atoms with Gasteiger partial charge in [0.1, 0.15) is 5.70 Å². The Balaban J connectivity index is 2.75. The van der Waals surface area contributed by atoms with E-state index in [1.807, 2.05) is 6.92 Å². The van der Waals surface area contributed by atoms with Crippen molar-refractivity contribution in [3.8, 4) is 0 Å². The molecule has 0 aromatic rings. The summed E-state index contributed by atoms with van der Waals surface area (Å²) in [5.41, 5.74) is 5.73. The van der Waals surface area contributed by atoms with E-state index >= 15 is 0 Å². The third kappa shape index (κ3) is 2.21. The molecule has 12 heavy (non-hydrogen) atoms. The molecule has 0 spiro atoms. The highest BCUT2D eigenvalue weighted by Crippen LogP contribution is 2.31. The van der Waals surface area contributed by atoms with Crippen LogP contribution in [0.4, 0.5) is 0 Å². The molecule has 0 atom stereocenters. The molecule has 0 aromatic heterocycles. The van der Waals surface area contributed by atoms with Crippen molar-refractivity contribution in [2.45, 2.75) is 26.7 Å². The smallest absolute Gasteiger partial charge is 0.107 e. The first-order chi connectivity index (χ1) is 5.65. The molecule has 1 aliphatic rings. The molecule has 1 saturated carbocycles. The van der Waals surface area contributed by atoms with Gasteiger partial charge in [0.05, 0.1) is 0 Å². The van der Waals surface area contributed by atoms with Crippen LogP contribution in [0.15, 0.2) is 35.2 Å². The molecule has 0 saturated heterocycles. The molecule has 64 valence electrons. The van der Waals surface area contributed by atoms with Gasteiger partial charge in [-0.3, -0.25) is 0 Å². The van der Waals surface area contributed by atoms with Crippen molar-refractivity contribution >= 4 is 5.71 Å². The van der Waals surface area contributed by atoms with Crippen LogP contribution in [0.5, 0.6) is 0 Å². The SMILES string of the molecule is C=C=C(N=C(C)C1CC1)C(=C)C. The summed E-state index contributed by atoms with van der Waals surface area (Å²) >= 11 is 0. The second kappa shape index (κ2) is 3.55. The Hall–Kier alpha value is -1.07. The highest BCUT2D eigenvalue weighted by molar-refractivity contribution is 5.87. The molecule has 1 fully saturated rings. The van der Waals surface area contributed by atoms with Crippen LogP contribution in [0.3, 0.4) is 0 Å². The lowest BCUT2D eigenvalue weighted by Crippen LogP contribution is -1.94. The fraction of sp³-hybridized carbons (Fsp3) is 0.455. The van der Waals surface area contributed by atoms with Crippen molar-refractivity contribution in [3.63, 3.8) is 0 Å². The Morgan fingerprint density at radius 1 is 1.42 bits per heavy atom. The van der Waals surface area contributed by atoms with Gasteiger partial charge in [-0.25, -0.2) is 4.99 Å². The Morgan fingerprint density at radius 3 is 2.33 bits per heavy atom. The molecule has 0 bridgehead atoms. The second-order valence-electron chi connectivity index (χ2n) is 3.33. The number of rotatable bonds is 3. The fourth-order valence-corrected chi connectivity index (χ4v) is 1.05. The van der Waals surface area contributed by atoms with Crippen LogP contribution < -0.4 is 0 Å². The highest BCUT2D eigenvalue weighted by Gasteiger charge is 2.24. The van der Waals surface area contributed by atoms with E-state index in [9.17, 15) is 0 Å². The standard InChI is InChI=1S/C11H15N/c1-5-11(8(2)3)12-9(4)10-6-7-10/h10H,1-2,6-7H2,3-4H3. The zero-order valence-corrected chi connectivity index (χ0v) is 7.85. The van der Waals surface area contributed by atoms with Gasteiger partial charge < -0.3 is 0 Å². The van der Waals surface area contributed by atoms with Crippen LogP contribution in [-0.4, -0.2) is 5.71 Å². The number of aliphatic imine (C=N–C) groups is 1. The average Bonchev–Trinajstić information content (AvgIpc) is 2.80. The van der Waals surface area contributed by atoms with Crippen molar-refractivity contribution in [3.05, 3.63) is 30.2 Å². The van der Waals surface area contributed by atoms with E-state index in [4.69, 9.17) is 0 Å². The molecule has 0 aromatic carbocycles. The summed E-state index contributed by atoms with van der Waals surface area (Å²) in [5.74, 6) is 0.715. The van der Waals surface area contributed by atoms with Crippen LogP contribution in [0.25, 0.3) is 0 Å². The minimum absolute atomic E-state index is 0.715. The van der Waals surface area contributed by atoms with Gasteiger partial charge in [-0.15, -0.1) is 5.73 Å². The monoisotopic (exact) mass is 161 g/mol. The quantitative estimate of drug-likeness (QED) is 0.342. The number of nitrogens with zero attached hydrogens (tertiary/aromatic N) is 1. The molecule has 0 radical (unpaired) electrons. The summed E-state index contributed by atoms with van der Waals surface area (Å²) < 4.78 is 0. The summed E-state index contributed by atoms with van der Waals surface area (Å²) in [4.78, 5) is 4.42. The highest BCUT2D eigenvalue weighted by atomic mass is 14.8. The Bertz CT molecular complexity index is 273. The topological polar surface area (TPSA) is 12.4 Å². The molecule has 1 heteroatoms. The van der Waals surface area contributed by atoms with Crippen molar-refractivity contribution in [2.24, 2.45) is 10.9 Å². The summed E-state index contributed by atoms with van der Waals surface area (Å²) in [7, 11) is 0. The van der Waals surface area contributed by atoms with Gasteiger partial charge >= 0.3 is 0 Å². The zero-order valence-electron chi connectivity index (χ0n) is 7.85. The number of hydrogen-bond acceptors (Lipinski definition) is 1. The third-order valence-electron chi connectivity index (χ3n) is 2.03. The molecule has 0 heterocycles. The molecule has 1 aliphatic carbocycles. The molecular weight excluding hydrogens is 146 g/mol. The van der Waals surface area contributed by atoms with E-state index in [0.717, 1.165) is 11.3 Å². The summed E-state index contributed by atoms with van der Waals surface area (Å²) in [5, 5.41) is 0. The van der Waals surface area contributed by atoms with Crippen molar-refractivity contribution in [1.82, 2.24) is 0 Å². The zero-order chi connectivity index (χ0) is 9.14. The first-order valence-corrected chi connectivity index (χ1v) is 4.26. The van der Waals surface area contributed by atoms with E-state index in [0.29, 0.717) is 5.92 Å². The van der Waals surface area contributed by atoms with Crippen molar-refractivity contribution in [1.29, 1.82) is 0 Å². The van der Waals surface area contributed by atoms with Crippen LogP contribution in [0.1, 0.15) is 26.7 Å². The Kier molecular flexibility index (Phi) is 2.67. The largest absolute Gasteiger partial charge is 0.249 e. The van der Waals surface area contributed by atoms with Crippen LogP contribution in [-0.2, 0) is 0 Å². The second-order valence-corrected chi connectivity index (χ2v) is 3.33. The van der Waals surface area contributed by atoms with Gasteiger partial charge in [-0.1, -0.05) is 13.2 Å². The predicted molar refractivity (Wildman–Crippen MR) is 53.3 cm³/mol. The average molecular weight is 161 g/mol. The minimum atomic E-state index is 0.715. The molecule has 0 aliphatic heterocycles. The van der Waals surface area contributed by atoms with Gasteiger partial charge in [0.25, 0.3) is 0 Å². The normalized spacial score (nSPS) is 17.0. The molecule has 1 nitrogen and oxygen atoms in total. The number of allylic oxidation sites excluding steroid dienone is 1. The van der Waals surface area contributed by atoms with Gasteiger partial charge in [-0.2, -0.15) is 0 Å². The van der Waals surface area contributed by atoms with E-state index in [1.54, 1.807) is 0 Å². The Labute approximate surface area is 74.2 Å². The van der Waals surface area contributed by atoms with Gasteiger partial charge in [-0.05, 0) is 38.2 Å². The van der Waals surface area contributed by atoms with Crippen molar-refractivity contribution in [2.75, 3.05) is 0 Å². The third-order valence-corrected chi connectivity index (χ3v) is 2.03. The molecule has 1 rings (SSSR count). The first kappa shape index (κ1) is 9.02. The lowest BCUT2D eigenvalue weighted by molar-refractivity contribution is 1.15. The van der Waals surface area contributed by atoms with Crippen LogP contribution >= 0.6 is 0 Å². The van der Waals surface area contributed by atoms with Gasteiger partial charge in [0.2, 0.25) is 0 Å². The molecule has 0 N–H and O–H groups in total. The minimum Gasteiger partial charge on any atom is -0.249 e. The lowest BCUT2D eigenvalue weighted by Gasteiger charge is -1.99. The maximum Gasteiger partial charge on any atom is 0.107 e. The lowest BCUT2D eigenvalue weighted by atomic mass is 10.2. The summed E-state index contributed by atoms with van der Waals surface area (Å²) in [6.45, 7) is 11.4. The predicted octanol–water partition coefficient (Wildman–Crippen LogP) is 3.10. The van der Waals surface area contributed by atoms with Gasteiger partial charge in [0.15, 0.2) is 0 Å². The van der Waals surface area contributed by atoms with Crippen LogP contribution in [0.2, 0.25) is 0 Å². The maximum atomic E-state index is 4.42. The van der Waals surface area contributed by atoms with Crippen molar-refractivity contribution < 1.29 is 0 Å². The maximum absolute atomic E-state index is 4.42. The number of hydrogen-bond donors (Lipinski definition) is 0.